The number of fused-ring (bicyclic) bond motifs is 1. The quantitative estimate of drug-likeness (QED) is 0.474. The molecule has 0 saturated carbocycles. The maximum Gasteiger partial charge on any atom is 0.0945 e. The monoisotopic (exact) mass is 326 g/mol. The summed E-state index contributed by atoms with van der Waals surface area (Å²) in [5.41, 5.74) is 8.69. The molecule has 0 amide bonds. The molecule has 0 unspecified atom stereocenters. The van der Waals surface area contributed by atoms with Crippen LogP contribution >= 0.6 is 0 Å². The molecule has 4 rings (SSSR count). The molecule has 2 heterocycles. The van der Waals surface area contributed by atoms with Crippen LogP contribution < -0.4 is 0 Å². The van der Waals surface area contributed by atoms with Gasteiger partial charge in [0.1, 0.15) is 0 Å². The Morgan fingerprint density at radius 3 is 2.28 bits per heavy atom. The molecule has 0 spiro atoms. The largest absolute Gasteiger partial charge is 0.338 e. The summed E-state index contributed by atoms with van der Waals surface area (Å²) < 4.78 is 2.41. The molecule has 0 aliphatic rings. The van der Waals surface area contributed by atoms with E-state index in [1.165, 1.54) is 33.3 Å². The van der Waals surface area contributed by atoms with Crippen molar-refractivity contribution in [2.45, 2.75) is 27.3 Å². The lowest BCUT2D eigenvalue weighted by Gasteiger charge is -2.12. The molecule has 4 aromatic rings. The predicted octanol–water partition coefficient (Wildman–Crippen LogP) is 5.68. The smallest absolute Gasteiger partial charge is 0.0945 e. The van der Waals surface area contributed by atoms with Crippen molar-refractivity contribution in [1.29, 1.82) is 0 Å². The second-order valence-electron chi connectivity index (χ2n) is 6.70. The lowest BCUT2D eigenvalue weighted by molar-refractivity contribution is 0.800. The van der Waals surface area contributed by atoms with Crippen LogP contribution in [0.15, 0.2) is 66.9 Å². The van der Waals surface area contributed by atoms with E-state index in [0.717, 1.165) is 17.8 Å². The molecular weight excluding hydrogens is 304 g/mol. The minimum atomic E-state index is 0.863. The molecule has 0 atom stereocenters. The van der Waals surface area contributed by atoms with E-state index in [2.05, 4.69) is 79.9 Å². The van der Waals surface area contributed by atoms with E-state index in [9.17, 15) is 0 Å². The van der Waals surface area contributed by atoms with Gasteiger partial charge in [0.25, 0.3) is 0 Å². The standard InChI is InChI=1S/C23H22N2/c1-16-9-11-19(12-10-16)15-25-18(3)17(2)21-13-14-24-22(23(21)25)20-7-5-4-6-8-20/h4-14H,15H2,1-3H3. The van der Waals surface area contributed by atoms with Crippen LogP contribution in [0.4, 0.5) is 0 Å². The molecule has 0 N–H and O–H groups in total. The second-order valence-corrected chi connectivity index (χ2v) is 6.70. The number of hydrogen-bond donors (Lipinski definition) is 0. The van der Waals surface area contributed by atoms with Gasteiger partial charge < -0.3 is 4.57 Å². The van der Waals surface area contributed by atoms with Crippen LogP contribution in [0.3, 0.4) is 0 Å². The summed E-state index contributed by atoms with van der Waals surface area (Å²) in [6.45, 7) is 7.40. The van der Waals surface area contributed by atoms with E-state index in [-0.39, 0.29) is 0 Å². The Kier molecular flexibility index (Phi) is 3.89. The van der Waals surface area contributed by atoms with Gasteiger partial charge in [0, 0.05) is 29.4 Å². The molecule has 2 nitrogen and oxygen atoms in total. The molecule has 0 aliphatic heterocycles. The predicted molar refractivity (Wildman–Crippen MR) is 105 cm³/mol. The van der Waals surface area contributed by atoms with Gasteiger partial charge in [-0.2, -0.15) is 0 Å². The van der Waals surface area contributed by atoms with Crippen LogP contribution in [0.1, 0.15) is 22.4 Å². The maximum atomic E-state index is 4.73. The fourth-order valence-corrected chi connectivity index (χ4v) is 3.48. The van der Waals surface area contributed by atoms with Gasteiger partial charge in [0.15, 0.2) is 0 Å². The summed E-state index contributed by atoms with van der Waals surface area (Å²) in [5, 5.41) is 1.29. The first kappa shape index (κ1) is 15.6. The van der Waals surface area contributed by atoms with Gasteiger partial charge in [-0.05, 0) is 38.0 Å². The van der Waals surface area contributed by atoms with Crippen LogP contribution in [-0.2, 0) is 6.54 Å². The average Bonchev–Trinajstić information content (AvgIpc) is 2.89. The first-order valence-corrected chi connectivity index (χ1v) is 8.70. The molecule has 0 aliphatic carbocycles. The molecule has 0 bridgehead atoms. The van der Waals surface area contributed by atoms with E-state index < -0.39 is 0 Å². The molecule has 124 valence electrons. The SMILES string of the molecule is Cc1ccc(Cn2c(C)c(C)c3ccnc(-c4ccccc4)c32)cc1. The van der Waals surface area contributed by atoms with Crippen molar-refractivity contribution in [1.82, 2.24) is 9.55 Å². The summed E-state index contributed by atoms with van der Waals surface area (Å²) in [7, 11) is 0. The van der Waals surface area contributed by atoms with Crippen LogP contribution in [0.25, 0.3) is 22.2 Å². The molecule has 0 radical (unpaired) electrons. The Hall–Kier alpha value is -2.87. The Morgan fingerprint density at radius 2 is 1.56 bits per heavy atom. The second kappa shape index (κ2) is 6.21. The highest BCUT2D eigenvalue weighted by Gasteiger charge is 2.16. The Balaban J connectivity index is 1.94. The normalized spacial score (nSPS) is 11.2. The minimum Gasteiger partial charge on any atom is -0.338 e. The number of nitrogens with zero attached hydrogens (tertiary/aromatic N) is 2. The van der Waals surface area contributed by atoms with Crippen LogP contribution in [-0.4, -0.2) is 9.55 Å². The summed E-state index contributed by atoms with van der Waals surface area (Å²) in [6.07, 6.45) is 1.92. The fourth-order valence-electron chi connectivity index (χ4n) is 3.48. The van der Waals surface area contributed by atoms with Crippen molar-refractivity contribution >= 4 is 10.9 Å². The van der Waals surface area contributed by atoms with Gasteiger partial charge in [-0.25, -0.2) is 0 Å². The number of aromatic nitrogens is 2. The van der Waals surface area contributed by atoms with Gasteiger partial charge in [0.05, 0.1) is 11.2 Å². The molecule has 2 aromatic heterocycles. The molecule has 2 heteroatoms. The van der Waals surface area contributed by atoms with Crippen LogP contribution in [0, 0.1) is 20.8 Å². The third kappa shape index (κ3) is 2.74. The van der Waals surface area contributed by atoms with E-state index >= 15 is 0 Å². The van der Waals surface area contributed by atoms with Gasteiger partial charge >= 0.3 is 0 Å². The van der Waals surface area contributed by atoms with Gasteiger partial charge in [-0.3, -0.25) is 4.98 Å². The van der Waals surface area contributed by atoms with E-state index in [0.29, 0.717) is 0 Å². The zero-order chi connectivity index (χ0) is 17.4. The lowest BCUT2D eigenvalue weighted by Crippen LogP contribution is -2.03. The molecule has 25 heavy (non-hydrogen) atoms. The van der Waals surface area contributed by atoms with E-state index in [1.807, 2.05) is 12.3 Å². The fraction of sp³-hybridized carbons (Fsp3) is 0.174. The Morgan fingerprint density at radius 1 is 0.840 bits per heavy atom. The zero-order valence-electron chi connectivity index (χ0n) is 15.0. The number of rotatable bonds is 3. The summed E-state index contributed by atoms with van der Waals surface area (Å²) in [4.78, 5) is 4.73. The van der Waals surface area contributed by atoms with Crippen LogP contribution in [0.5, 0.6) is 0 Å². The summed E-state index contributed by atoms with van der Waals surface area (Å²) in [6, 6.07) is 21.4. The number of aryl methyl sites for hydroxylation is 2. The first-order valence-electron chi connectivity index (χ1n) is 8.70. The van der Waals surface area contributed by atoms with Gasteiger partial charge in [-0.1, -0.05) is 60.2 Å². The molecule has 2 aromatic carbocycles. The summed E-state index contributed by atoms with van der Waals surface area (Å²) in [5.74, 6) is 0. The molecule has 0 saturated heterocycles. The van der Waals surface area contributed by atoms with Crippen molar-refractivity contribution in [3.8, 4) is 11.3 Å². The number of pyridine rings is 1. The zero-order valence-corrected chi connectivity index (χ0v) is 15.0. The van der Waals surface area contributed by atoms with Crippen molar-refractivity contribution in [3.63, 3.8) is 0 Å². The van der Waals surface area contributed by atoms with Gasteiger partial charge in [0.2, 0.25) is 0 Å². The lowest BCUT2D eigenvalue weighted by atomic mass is 10.1. The van der Waals surface area contributed by atoms with Crippen molar-refractivity contribution < 1.29 is 0 Å². The molecule has 0 fully saturated rings. The highest BCUT2D eigenvalue weighted by atomic mass is 15.0. The van der Waals surface area contributed by atoms with Gasteiger partial charge in [-0.15, -0.1) is 0 Å². The highest BCUT2D eigenvalue weighted by Crippen LogP contribution is 2.32. The van der Waals surface area contributed by atoms with E-state index in [4.69, 9.17) is 4.98 Å². The number of hydrogen-bond acceptors (Lipinski definition) is 1. The number of benzene rings is 2. The maximum absolute atomic E-state index is 4.73. The minimum absolute atomic E-state index is 0.863. The van der Waals surface area contributed by atoms with E-state index in [1.54, 1.807) is 0 Å². The Labute approximate surface area is 148 Å². The van der Waals surface area contributed by atoms with Crippen molar-refractivity contribution in [2.75, 3.05) is 0 Å². The summed E-state index contributed by atoms with van der Waals surface area (Å²) >= 11 is 0. The highest BCUT2D eigenvalue weighted by molar-refractivity contribution is 5.95. The third-order valence-electron chi connectivity index (χ3n) is 5.05. The van der Waals surface area contributed by atoms with Crippen LogP contribution in [0.2, 0.25) is 0 Å². The average molecular weight is 326 g/mol. The van der Waals surface area contributed by atoms with Crippen molar-refractivity contribution in [2.24, 2.45) is 0 Å². The molecular formula is C23H22N2. The first-order chi connectivity index (χ1) is 12.1. The Bertz CT molecular complexity index is 1030. The topological polar surface area (TPSA) is 17.8 Å². The van der Waals surface area contributed by atoms with Crippen molar-refractivity contribution in [3.05, 3.63) is 89.2 Å². The third-order valence-corrected chi connectivity index (χ3v) is 5.05.